The van der Waals surface area contributed by atoms with Crippen molar-refractivity contribution in [3.05, 3.63) is 40.0 Å². The summed E-state index contributed by atoms with van der Waals surface area (Å²) in [6, 6.07) is 6.23. The fraction of sp³-hybridized carbons (Fsp3) is 0.524. The Hall–Kier alpha value is -1.61. The molecule has 4 rings (SSSR count). The number of hydrogen-bond acceptors (Lipinski definition) is 2. The molecule has 0 unspecified atom stereocenters. The number of fused-ring (bicyclic) bond motifs is 2. The molecule has 1 saturated heterocycles. The Morgan fingerprint density at radius 1 is 1.24 bits per heavy atom. The number of likely N-dealkylation sites (tertiary alicyclic amines) is 1. The average Bonchev–Trinajstić information content (AvgIpc) is 2.67. The third-order valence-electron chi connectivity index (χ3n) is 5.80. The highest BCUT2D eigenvalue weighted by molar-refractivity contribution is 6.36. The lowest BCUT2D eigenvalue weighted by atomic mass is 9.94. The fourth-order valence-electron chi connectivity index (χ4n) is 4.36. The van der Waals surface area contributed by atoms with Gasteiger partial charge in [0.15, 0.2) is 0 Å². The number of nitrogens with zero attached hydrogens (tertiary/aromatic N) is 2. The van der Waals surface area contributed by atoms with E-state index in [1.807, 2.05) is 18.2 Å². The first kappa shape index (κ1) is 16.8. The van der Waals surface area contributed by atoms with Crippen LogP contribution in [-0.2, 0) is 12.8 Å². The van der Waals surface area contributed by atoms with E-state index in [0.717, 1.165) is 65.8 Å². The van der Waals surface area contributed by atoms with Gasteiger partial charge < -0.3 is 4.90 Å². The van der Waals surface area contributed by atoms with E-state index in [-0.39, 0.29) is 5.91 Å². The van der Waals surface area contributed by atoms with Crippen LogP contribution in [0.25, 0.3) is 10.9 Å². The Bertz CT molecular complexity index is 817. The molecule has 1 atom stereocenters. The molecule has 4 heteroatoms. The Labute approximate surface area is 154 Å². The van der Waals surface area contributed by atoms with Crippen molar-refractivity contribution >= 4 is 28.4 Å². The van der Waals surface area contributed by atoms with E-state index in [9.17, 15) is 4.79 Å². The lowest BCUT2D eigenvalue weighted by Gasteiger charge is -2.35. The van der Waals surface area contributed by atoms with Crippen LogP contribution in [-0.4, -0.2) is 28.4 Å². The van der Waals surface area contributed by atoms with Gasteiger partial charge in [0.1, 0.15) is 0 Å². The van der Waals surface area contributed by atoms with E-state index in [1.165, 1.54) is 24.8 Å². The largest absolute Gasteiger partial charge is 0.336 e. The van der Waals surface area contributed by atoms with Crippen molar-refractivity contribution in [1.82, 2.24) is 9.88 Å². The van der Waals surface area contributed by atoms with Crippen molar-refractivity contribution in [3.63, 3.8) is 0 Å². The molecule has 0 radical (unpaired) electrons. The van der Waals surface area contributed by atoms with E-state index in [1.54, 1.807) is 0 Å². The molecule has 1 aromatic carbocycles. The molecule has 0 N–H and O–H groups in total. The van der Waals surface area contributed by atoms with Gasteiger partial charge in [0, 0.05) is 29.2 Å². The first-order valence-electron chi connectivity index (χ1n) is 9.61. The molecule has 1 aliphatic carbocycles. The number of carbonyl (C=O) groups excluding carboxylic acids is 1. The fourth-order valence-corrected chi connectivity index (χ4v) is 4.72. The highest BCUT2D eigenvalue weighted by Gasteiger charge is 2.26. The molecular weight excluding hydrogens is 332 g/mol. The summed E-state index contributed by atoms with van der Waals surface area (Å²) in [6.07, 6.45) is 8.84. The van der Waals surface area contributed by atoms with Gasteiger partial charge in [-0.3, -0.25) is 9.78 Å². The SMILES string of the molecule is CC[C@H]1CCCCN1C(=O)c1ccc2c(Cl)c3c(nc2c1)CCCC3. The number of halogens is 1. The molecule has 1 aliphatic heterocycles. The number of hydrogen-bond donors (Lipinski definition) is 0. The standard InChI is InChI=1S/C21H25ClN2O/c1-2-15-7-5-6-12-24(15)21(25)14-10-11-17-19(13-14)23-18-9-4-3-8-16(18)20(17)22/h10-11,13,15H,2-9,12H2,1H3/t15-/m0/s1. The van der Waals surface area contributed by atoms with E-state index in [4.69, 9.17) is 16.6 Å². The number of benzene rings is 1. The van der Waals surface area contributed by atoms with Gasteiger partial charge in [-0.15, -0.1) is 0 Å². The zero-order chi connectivity index (χ0) is 17.4. The number of carbonyl (C=O) groups is 1. The van der Waals surface area contributed by atoms with Crippen LogP contribution in [0.1, 0.15) is 67.1 Å². The summed E-state index contributed by atoms with van der Waals surface area (Å²) < 4.78 is 0. The van der Waals surface area contributed by atoms with Crippen LogP contribution >= 0.6 is 11.6 Å². The molecular formula is C21H25ClN2O. The molecule has 25 heavy (non-hydrogen) atoms. The topological polar surface area (TPSA) is 33.2 Å². The average molecular weight is 357 g/mol. The summed E-state index contributed by atoms with van der Waals surface area (Å²) >= 11 is 6.65. The minimum absolute atomic E-state index is 0.143. The van der Waals surface area contributed by atoms with Gasteiger partial charge in [-0.25, -0.2) is 0 Å². The lowest BCUT2D eigenvalue weighted by Crippen LogP contribution is -2.43. The van der Waals surface area contributed by atoms with Gasteiger partial charge >= 0.3 is 0 Å². The summed E-state index contributed by atoms with van der Waals surface area (Å²) in [7, 11) is 0. The normalized spacial score (nSPS) is 20.6. The van der Waals surface area contributed by atoms with Crippen LogP contribution in [0.5, 0.6) is 0 Å². The Morgan fingerprint density at radius 3 is 2.92 bits per heavy atom. The maximum Gasteiger partial charge on any atom is 0.254 e. The molecule has 132 valence electrons. The minimum Gasteiger partial charge on any atom is -0.336 e. The maximum atomic E-state index is 13.1. The zero-order valence-corrected chi connectivity index (χ0v) is 15.6. The van der Waals surface area contributed by atoms with Crippen molar-refractivity contribution in [2.24, 2.45) is 0 Å². The predicted octanol–water partition coefficient (Wildman–Crippen LogP) is 5.17. The third kappa shape index (κ3) is 3.03. The van der Waals surface area contributed by atoms with Gasteiger partial charge in [0.05, 0.1) is 10.5 Å². The molecule has 2 aliphatic rings. The first-order valence-corrected chi connectivity index (χ1v) is 9.99. The van der Waals surface area contributed by atoms with Crippen LogP contribution < -0.4 is 0 Å². The third-order valence-corrected chi connectivity index (χ3v) is 6.23. The van der Waals surface area contributed by atoms with Crippen LogP contribution in [0.2, 0.25) is 5.02 Å². The zero-order valence-electron chi connectivity index (χ0n) is 14.9. The second kappa shape index (κ2) is 6.95. The van der Waals surface area contributed by atoms with Crippen LogP contribution in [0.15, 0.2) is 18.2 Å². The molecule has 0 bridgehead atoms. The van der Waals surface area contributed by atoms with Gasteiger partial charge in [-0.1, -0.05) is 24.6 Å². The van der Waals surface area contributed by atoms with Crippen molar-refractivity contribution in [3.8, 4) is 0 Å². The summed E-state index contributed by atoms with van der Waals surface area (Å²) in [5, 5.41) is 1.81. The second-order valence-corrected chi connectivity index (χ2v) is 7.72. The second-order valence-electron chi connectivity index (χ2n) is 7.35. The summed E-state index contributed by atoms with van der Waals surface area (Å²) in [5.41, 5.74) is 3.94. The smallest absolute Gasteiger partial charge is 0.254 e. The van der Waals surface area contributed by atoms with Crippen LogP contribution in [0.3, 0.4) is 0 Å². The molecule has 2 aromatic rings. The Balaban J connectivity index is 1.72. The Morgan fingerprint density at radius 2 is 2.08 bits per heavy atom. The van der Waals surface area contributed by atoms with Crippen molar-refractivity contribution in [2.75, 3.05) is 6.54 Å². The van der Waals surface area contributed by atoms with Crippen molar-refractivity contribution < 1.29 is 4.79 Å². The van der Waals surface area contributed by atoms with Gasteiger partial charge in [0.2, 0.25) is 0 Å². The molecule has 2 heterocycles. The summed E-state index contributed by atoms with van der Waals surface area (Å²) in [5.74, 6) is 0.143. The molecule has 1 fully saturated rings. The molecule has 0 spiro atoms. The van der Waals surface area contributed by atoms with Crippen molar-refractivity contribution in [1.29, 1.82) is 0 Å². The number of pyridine rings is 1. The van der Waals surface area contributed by atoms with Crippen molar-refractivity contribution in [2.45, 2.75) is 64.3 Å². The van der Waals surface area contributed by atoms with E-state index in [2.05, 4.69) is 11.8 Å². The van der Waals surface area contributed by atoms with Gasteiger partial charge in [-0.2, -0.15) is 0 Å². The van der Waals surface area contributed by atoms with Gasteiger partial charge in [0.25, 0.3) is 5.91 Å². The highest BCUT2D eigenvalue weighted by atomic mass is 35.5. The lowest BCUT2D eigenvalue weighted by molar-refractivity contribution is 0.0608. The number of rotatable bonds is 2. The maximum absolute atomic E-state index is 13.1. The van der Waals surface area contributed by atoms with Crippen LogP contribution in [0.4, 0.5) is 0 Å². The number of piperidine rings is 1. The summed E-state index contributed by atoms with van der Waals surface area (Å²) in [4.78, 5) is 20.0. The quantitative estimate of drug-likeness (QED) is 0.743. The van der Waals surface area contributed by atoms with Gasteiger partial charge in [-0.05, 0) is 69.1 Å². The molecule has 1 aromatic heterocycles. The number of aryl methyl sites for hydroxylation is 1. The van der Waals surface area contributed by atoms with E-state index < -0.39 is 0 Å². The van der Waals surface area contributed by atoms with Crippen LogP contribution in [0, 0.1) is 0 Å². The summed E-state index contributed by atoms with van der Waals surface area (Å²) in [6.45, 7) is 3.04. The Kier molecular flexibility index (Phi) is 4.68. The molecule has 1 amide bonds. The molecule has 0 saturated carbocycles. The van der Waals surface area contributed by atoms with E-state index >= 15 is 0 Å². The highest BCUT2D eigenvalue weighted by Crippen LogP contribution is 2.33. The number of amides is 1. The minimum atomic E-state index is 0.143. The van der Waals surface area contributed by atoms with E-state index in [0.29, 0.717) is 6.04 Å². The first-order chi connectivity index (χ1) is 12.2. The monoisotopic (exact) mass is 356 g/mol. The number of aromatic nitrogens is 1. The molecule has 3 nitrogen and oxygen atoms in total. The predicted molar refractivity (Wildman–Crippen MR) is 102 cm³/mol.